The van der Waals surface area contributed by atoms with Crippen LogP contribution in [0.2, 0.25) is 0 Å². The van der Waals surface area contributed by atoms with E-state index in [1.165, 1.54) is 0 Å². The van der Waals surface area contributed by atoms with E-state index in [0.717, 1.165) is 30.5 Å². The number of carbonyl (C=O) groups excluding carboxylic acids is 1. The van der Waals surface area contributed by atoms with Gasteiger partial charge >= 0.3 is 0 Å². The Bertz CT molecular complexity index is 731. The highest BCUT2D eigenvalue weighted by atomic mass is 32.2. The van der Waals surface area contributed by atoms with Gasteiger partial charge in [0, 0.05) is 25.3 Å². The van der Waals surface area contributed by atoms with Crippen molar-refractivity contribution in [1.29, 1.82) is 0 Å². The Kier molecular flexibility index (Phi) is 5.61. The van der Waals surface area contributed by atoms with Crippen molar-refractivity contribution in [3.63, 3.8) is 0 Å². The summed E-state index contributed by atoms with van der Waals surface area (Å²) in [6.45, 7) is 1.58. The Morgan fingerprint density at radius 2 is 2.08 bits per heavy atom. The Morgan fingerprint density at radius 1 is 1.28 bits per heavy atom. The highest BCUT2D eigenvalue weighted by Crippen LogP contribution is 2.37. The highest BCUT2D eigenvalue weighted by molar-refractivity contribution is 7.92. The van der Waals surface area contributed by atoms with Crippen molar-refractivity contribution in [2.24, 2.45) is 5.92 Å². The maximum Gasteiger partial charge on any atom is 0.235 e. The average Bonchev–Trinajstić information content (AvgIpc) is 3.34. The number of benzene rings is 1. The molecule has 8 heteroatoms. The van der Waals surface area contributed by atoms with Gasteiger partial charge in [0.2, 0.25) is 15.9 Å². The summed E-state index contributed by atoms with van der Waals surface area (Å²) in [6, 6.07) is 5.39. The van der Waals surface area contributed by atoms with Gasteiger partial charge in [-0.1, -0.05) is 6.07 Å². The quantitative estimate of drug-likeness (QED) is 0.666. The first-order chi connectivity index (χ1) is 12.0. The third-order valence-corrected chi connectivity index (χ3v) is 5.63. The van der Waals surface area contributed by atoms with Crippen molar-refractivity contribution < 1.29 is 22.7 Å². The molecule has 1 N–H and O–H groups in total. The molecule has 1 aliphatic heterocycles. The molecule has 0 radical (unpaired) electrons. The summed E-state index contributed by atoms with van der Waals surface area (Å²) in [5.74, 6) is 0.180. The van der Waals surface area contributed by atoms with Crippen LogP contribution in [-0.2, 0) is 30.7 Å². The fourth-order valence-corrected chi connectivity index (χ4v) is 3.79. The number of amides is 1. The number of ether oxygens (including phenoxy) is 2. The Balaban J connectivity index is 1.61. The number of hydrogen-bond acceptors (Lipinski definition) is 5. The van der Waals surface area contributed by atoms with Gasteiger partial charge in [-0.2, -0.15) is 0 Å². The van der Waals surface area contributed by atoms with Gasteiger partial charge in [-0.3, -0.25) is 9.52 Å². The van der Waals surface area contributed by atoms with Crippen molar-refractivity contribution in [2.75, 3.05) is 48.9 Å². The van der Waals surface area contributed by atoms with Gasteiger partial charge in [-0.15, -0.1) is 0 Å². The molecule has 7 nitrogen and oxygen atoms in total. The molecular formula is C17H24N2O5S. The fraction of sp³-hybridized carbons (Fsp3) is 0.588. The Hall–Kier alpha value is -1.64. The number of methoxy groups -OCH3 is 1. The number of anilines is 2. The molecule has 1 amide bonds. The monoisotopic (exact) mass is 368 g/mol. The van der Waals surface area contributed by atoms with E-state index in [9.17, 15) is 13.2 Å². The molecule has 0 bridgehead atoms. The normalized spacial score (nSPS) is 16.8. The molecule has 2 aliphatic rings. The predicted octanol–water partition coefficient (Wildman–Crippen LogP) is 1.39. The van der Waals surface area contributed by atoms with E-state index >= 15 is 0 Å². The van der Waals surface area contributed by atoms with Gasteiger partial charge in [0.05, 0.1) is 31.3 Å². The summed E-state index contributed by atoms with van der Waals surface area (Å²) >= 11 is 0. The van der Waals surface area contributed by atoms with Gasteiger partial charge in [0.1, 0.15) is 0 Å². The van der Waals surface area contributed by atoms with E-state index < -0.39 is 10.0 Å². The van der Waals surface area contributed by atoms with Gasteiger partial charge in [-0.25, -0.2) is 8.42 Å². The molecule has 138 valence electrons. The number of carbonyl (C=O) groups is 1. The summed E-state index contributed by atoms with van der Waals surface area (Å²) < 4.78 is 36.9. The number of sulfonamides is 1. The van der Waals surface area contributed by atoms with Crippen LogP contribution >= 0.6 is 0 Å². The SMILES string of the molecule is COCCOCCS(=O)(=O)Nc1ccc2c(c1)N(C(=O)C1CC1)CC2. The maximum absolute atomic E-state index is 12.4. The summed E-state index contributed by atoms with van der Waals surface area (Å²) in [4.78, 5) is 14.1. The van der Waals surface area contributed by atoms with E-state index in [-0.39, 0.29) is 24.2 Å². The number of hydrogen-bond donors (Lipinski definition) is 1. The largest absolute Gasteiger partial charge is 0.382 e. The van der Waals surface area contributed by atoms with Crippen molar-refractivity contribution >= 4 is 27.3 Å². The molecule has 3 rings (SSSR count). The van der Waals surface area contributed by atoms with Gasteiger partial charge in [0.25, 0.3) is 0 Å². The van der Waals surface area contributed by atoms with Crippen LogP contribution in [0.25, 0.3) is 0 Å². The van der Waals surface area contributed by atoms with Gasteiger partial charge in [0.15, 0.2) is 0 Å². The van der Waals surface area contributed by atoms with Crippen molar-refractivity contribution in [2.45, 2.75) is 19.3 Å². The summed E-state index contributed by atoms with van der Waals surface area (Å²) in [5.41, 5.74) is 2.39. The van der Waals surface area contributed by atoms with Crippen LogP contribution < -0.4 is 9.62 Å². The van der Waals surface area contributed by atoms with Crippen LogP contribution in [-0.4, -0.2) is 53.6 Å². The van der Waals surface area contributed by atoms with E-state index in [0.29, 0.717) is 25.4 Å². The molecule has 0 unspecified atom stereocenters. The lowest BCUT2D eigenvalue weighted by atomic mass is 10.1. The average molecular weight is 368 g/mol. The molecule has 1 aliphatic carbocycles. The Morgan fingerprint density at radius 3 is 2.80 bits per heavy atom. The van der Waals surface area contributed by atoms with Crippen molar-refractivity contribution in [1.82, 2.24) is 0 Å². The van der Waals surface area contributed by atoms with E-state index in [4.69, 9.17) is 9.47 Å². The molecular weight excluding hydrogens is 344 g/mol. The van der Waals surface area contributed by atoms with Crippen LogP contribution in [0.5, 0.6) is 0 Å². The first-order valence-electron chi connectivity index (χ1n) is 8.51. The molecule has 0 aromatic heterocycles. The molecule has 1 aromatic carbocycles. The van der Waals surface area contributed by atoms with E-state index in [1.807, 2.05) is 6.07 Å². The molecule has 1 heterocycles. The van der Waals surface area contributed by atoms with Crippen LogP contribution in [0.3, 0.4) is 0 Å². The molecule has 1 fully saturated rings. The zero-order valence-corrected chi connectivity index (χ0v) is 15.2. The zero-order valence-electron chi connectivity index (χ0n) is 14.4. The van der Waals surface area contributed by atoms with Crippen molar-refractivity contribution in [3.8, 4) is 0 Å². The minimum absolute atomic E-state index is 0.107. The second-order valence-electron chi connectivity index (χ2n) is 6.38. The number of nitrogens with one attached hydrogen (secondary N) is 1. The fourth-order valence-electron chi connectivity index (χ4n) is 2.87. The first-order valence-corrected chi connectivity index (χ1v) is 10.2. The number of nitrogens with zero attached hydrogens (tertiary/aromatic N) is 1. The second-order valence-corrected chi connectivity index (χ2v) is 8.23. The van der Waals surface area contributed by atoms with E-state index in [2.05, 4.69) is 4.72 Å². The molecule has 1 aromatic rings. The Labute approximate surface area is 148 Å². The zero-order chi connectivity index (χ0) is 17.9. The molecule has 25 heavy (non-hydrogen) atoms. The summed E-state index contributed by atoms with van der Waals surface area (Å²) in [7, 11) is -1.94. The molecule has 1 saturated carbocycles. The van der Waals surface area contributed by atoms with Gasteiger partial charge < -0.3 is 14.4 Å². The van der Waals surface area contributed by atoms with Crippen LogP contribution in [0.4, 0.5) is 11.4 Å². The van der Waals surface area contributed by atoms with Crippen LogP contribution in [0.1, 0.15) is 18.4 Å². The third kappa shape index (κ3) is 4.71. The lowest BCUT2D eigenvalue weighted by molar-refractivity contribution is -0.119. The first kappa shape index (κ1) is 18.2. The maximum atomic E-state index is 12.4. The van der Waals surface area contributed by atoms with Crippen LogP contribution in [0.15, 0.2) is 18.2 Å². The van der Waals surface area contributed by atoms with E-state index in [1.54, 1.807) is 24.1 Å². The highest BCUT2D eigenvalue weighted by Gasteiger charge is 2.36. The van der Waals surface area contributed by atoms with Crippen LogP contribution in [0, 0.1) is 5.92 Å². The summed E-state index contributed by atoms with van der Waals surface area (Å²) in [6.07, 6.45) is 2.73. The van der Waals surface area contributed by atoms with Gasteiger partial charge in [-0.05, 0) is 37.0 Å². The smallest absolute Gasteiger partial charge is 0.235 e. The number of fused-ring (bicyclic) bond motifs is 1. The summed E-state index contributed by atoms with van der Waals surface area (Å²) in [5, 5.41) is 0. The molecule has 0 spiro atoms. The van der Waals surface area contributed by atoms with Crippen molar-refractivity contribution in [3.05, 3.63) is 23.8 Å². The third-order valence-electron chi connectivity index (χ3n) is 4.38. The topological polar surface area (TPSA) is 84.9 Å². The standard InChI is InChI=1S/C17H24N2O5S/c1-23-8-9-24-10-11-25(21,22)18-15-5-4-13-6-7-19(16(13)12-15)17(20)14-2-3-14/h4-5,12,14,18H,2-3,6-11H2,1H3. The predicted molar refractivity (Wildman–Crippen MR) is 95.3 cm³/mol. The lowest BCUT2D eigenvalue weighted by Gasteiger charge is -2.18. The minimum atomic E-state index is -3.50. The molecule has 0 atom stereocenters. The lowest BCUT2D eigenvalue weighted by Crippen LogP contribution is -2.30. The number of rotatable bonds is 9. The minimum Gasteiger partial charge on any atom is -0.382 e. The second kappa shape index (κ2) is 7.72. The molecule has 0 saturated heterocycles.